The fourth-order valence-corrected chi connectivity index (χ4v) is 6.29. The van der Waals surface area contributed by atoms with Gasteiger partial charge in [0.1, 0.15) is 18.3 Å². The van der Waals surface area contributed by atoms with E-state index in [1.807, 2.05) is 31.2 Å². The topological polar surface area (TPSA) is 44.8 Å². The summed E-state index contributed by atoms with van der Waals surface area (Å²) in [5, 5.41) is 1.85. The van der Waals surface area contributed by atoms with E-state index in [2.05, 4.69) is 6.92 Å². The fraction of sp³-hybridized carbons (Fsp3) is 0.607. The first-order valence-electron chi connectivity index (χ1n) is 12.3. The molecule has 1 aromatic carbocycles. The van der Waals surface area contributed by atoms with Crippen LogP contribution in [0.3, 0.4) is 0 Å². The van der Waals surface area contributed by atoms with Gasteiger partial charge < -0.3 is 14.2 Å². The molecular formula is C28H39Cl3O4S. The number of rotatable bonds is 8. The lowest BCUT2D eigenvalue weighted by atomic mass is 9.94. The molecule has 0 unspecified atom stereocenters. The molecule has 4 rings (SSSR count). The summed E-state index contributed by atoms with van der Waals surface area (Å²) in [7, 11) is 0. The number of benzene rings is 1. The summed E-state index contributed by atoms with van der Waals surface area (Å²) in [6.07, 6.45) is 7.94. The molecule has 202 valence electrons. The SMILES string of the molecule is C.CCCc1ccc(C(=O)OCC2(C)COCOC2)s1.Clc1cc(Cl)cc(CC[C@H]2CC[C@@H](Cl)C2)c1. The fourth-order valence-electron chi connectivity index (χ4n) is 4.34. The van der Waals surface area contributed by atoms with E-state index >= 15 is 0 Å². The molecule has 0 radical (unpaired) electrons. The van der Waals surface area contributed by atoms with Crippen molar-refractivity contribution in [1.82, 2.24) is 0 Å². The summed E-state index contributed by atoms with van der Waals surface area (Å²) >= 11 is 19.5. The van der Waals surface area contributed by atoms with Crippen LogP contribution in [0.25, 0.3) is 0 Å². The van der Waals surface area contributed by atoms with Crippen molar-refractivity contribution < 1.29 is 19.0 Å². The van der Waals surface area contributed by atoms with Gasteiger partial charge in [0.25, 0.3) is 0 Å². The Balaban J connectivity index is 0.000000250. The minimum absolute atomic E-state index is 0. The summed E-state index contributed by atoms with van der Waals surface area (Å²) in [5.74, 6) is 0.527. The number of esters is 1. The van der Waals surface area contributed by atoms with Gasteiger partial charge in [-0.25, -0.2) is 4.79 Å². The van der Waals surface area contributed by atoms with E-state index in [1.165, 1.54) is 41.0 Å². The van der Waals surface area contributed by atoms with Crippen LogP contribution < -0.4 is 0 Å². The maximum absolute atomic E-state index is 12.0. The van der Waals surface area contributed by atoms with Crippen LogP contribution in [0.1, 0.15) is 73.5 Å². The Bertz CT molecular complexity index is 922. The van der Waals surface area contributed by atoms with Crippen LogP contribution in [0.4, 0.5) is 0 Å². The maximum atomic E-state index is 12.0. The number of carbonyl (C=O) groups is 1. The molecule has 2 aromatic rings. The minimum Gasteiger partial charge on any atom is -0.461 e. The average Bonchev–Trinajstić information content (AvgIpc) is 3.46. The lowest BCUT2D eigenvalue weighted by Crippen LogP contribution is -2.39. The zero-order valence-corrected chi connectivity index (χ0v) is 23.6. The maximum Gasteiger partial charge on any atom is 0.348 e. The number of thiophene rings is 1. The van der Waals surface area contributed by atoms with Gasteiger partial charge in [-0.1, -0.05) is 50.9 Å². The quantitative estimate of drug-likeness (QED) is 0.232. The highest BCUT2D eigenvalue weighted by atomic mass is 35.5. The Labute approximate surface area is 235 Å². The van der Waals surface area contributed by atoms with Gasteiger partial charge in [0.15, 0.2) is 0 Å². The van der Waals surface area contributed by atoms with E-state index in [0.717, 1.165) is 41.6 Å². The number of halogens is 3. The van der Waals surface area contributed by atoms with Gasteiger partial charge in [-0.3, -0.25) is 0 Å². The van der Waals surface area contributed by atoms with Crippen LogP contribution in [0, 0.1) is 11.3 Å². The number of aryl methyl sites for hydroxylation is 2. The van der Waals surface area contributed by atoms with Crippen molar-refractivity contribution in [3.63, 3.8) is 0 Å². The highest BCUT2D eigenvalue weighted by Gasteiger charge is 2.30. The van der Waals surface area contributed by atoms with Crippen LogP contribution in [-0.2, 0) is 27.1 Å². The van der Waals surface area contributed by atoms with Gasteiger partial charge in [-0.05, 0) is 80.3 Å². The van der Waals surface area contributed by atoms with E-state index in [0.29, 0.717) is 36.9 Å². The van der Waals surface area contributed by atoms with Gasteiger partial charge in [-0.2, -0.15) is 0 Å². The molecule has 1 saturated carbocycles. The number of alkyl halides is 1. The summed E-state index contributed by atoms with van der Waals surface area (Å²) in [6.45, 7) is 5.90. The van der Waals surface area contributed by atoms with E-state index < -0.39 is 0 Å². The summed E-state index contributed by atoms with van der Waals surface area (Å²) in [5.41, 5.74) is 0.993. The molecule has 2 atom stereocenters. The number of hydrogen-bond donors (Lipinski definition) is 0. The van der Waals surface area contributed by atoms with E-state index in [1.54, 1.807) is 6.07 Å². The Kier molecular flexibility index (Phi) is 13.6. The predicted molar refractivity (Wildman–Crippen MR) is 152 cm³/mol. The largest absolute Gasteiger partial charge is 0.461 e. The summed E-state index contributed by atoms with van der Waals surface area (Å²) in [6, 6.07) is 9.62. The Morgan fingerprint density at radius 3 is 2.42 bits per heavy atom. The standard InChI is InChI=1S/C14H20O4S.C13H15Cl3.CH4/c1-3-4-11-5-6-12(19-11)13(15)18-9-14(2)7-16-10-17-8-14;14-11-4-3-9(5-11)1-2-10-6-12(15)8-13(16)7-10;/h5-6H,3-4,7-10H2,1-2H3;6-9,11H,1-5H2;1H4/t;9-,11+;/m.0./s1. The first kappa shape index (κ1) is 31.4. The molecule has 8 heteroatoms. The second kappa shape index (κ2) is 15.6. The van der Waals surface area contributed by atoms with Crippen molar-refractivity contribution in [2.24, 2.45) is 11.3 Å². The highest BCUT2D eigenvalue weighted by Crippen LogP contribution is 2.33. The zero-order chi connectivity index (χ0) is 25.3. The Morgan fingerprint density at radius 1 is 1.11 bits per heavy atom. The van der Waals surface area contributed by atoms with Crippen LogP contribution in [0.5, 0.6) is 0 Å². The van der Waals surface area contributed by atoms with E-state index in [4.69, 9.17) is 49.0 Å². The molecule has 1 aliphatic carbocycles. The van der Waals surface area contributed by atoms with Crippen LogP contribution >= 0.6 is 46.1 Å². The highest BCUT2D eigenvalue weighted by molar-refractivity contribution is 7.13. The Morgan fingerprint density at radius 2 is 1.81 bits per heavy atom. The van der Waals surface area contributed by atoms with Crippen molar-refractivity contribution in [3.05, 3.63) is 55.7 Å². The van der Waals surface area contributed by atoms with E-state index in [9.17, 15) is 4.79 Å². The first-order chi connectivity index (χ1) is 16.8. The van der Waals surface area contributed by atoms with Crippen molar-refractivity contribution in [1.29, 1.82) is 0 Å². The van der Waals surface area contributed by atoms with Gasteiger partial charge in [0.2, 0.25) is 0 Å². The Hall–Kier alpha value is -0.820. The summed E-state index contributed by atoms with van der Waals surface area (Å²) in [4.78, 5) is 13.9. The molecule has 2 heterocycles. The lowest BCUT2D eigenvalue weighted by Gasteiger charge is -2.32. The van der Waals surface area contributed by atoms with Gasteiger partial charge in [-0.15, -0.1) is 22.9 Å². The third-order valence-electron chi connectivity index (χ3n) is 6.22. The lowest BCUT2D eigenvalue weighted by molar-refractivity contribution is -0.170. The molecule has 0 bridgehead atoms. The number of hydrogen-bond acceptors (Lipinski definition) is 5. The van der Waals surface area contributed by atoms with Crippen LogP contribution in [-0.4, -0.2) is 38.0 Å². The molecule has 1 aromatic heterocycles. The van der Waals surface area contributed by atoms with Crippen LogP contribution in [0.2, 0.25) is 10.0 Å². The third kappa shape index (κ3) is 10.5. The molecule has 2 fully saturated rings. The number of ether oxygens (including phenoxy) is 3. The normalized spacial score (nSPS) is 20.7. The first-order valence-corrected chi connectivity index (χ1v) is 14.3. The molecule has 1 saturated heterocycles. The average molecular weight is 578 g/mol. The molecule has 2 aliphatic rings. The van der Waals surface area contributed by atoms with Crippen molar-refractivity contribution in [2.45, 2.75) is 71.6 Å². The van der Waals surface area contributed by atoms with Crippen LogP contribution in [0.15, 0.2) is 30.3 Å². The van der Waals surface area contributed by atoms with Gasteiger partial charge in [0.05, 0.1) is 13.2 Å². The van der Waals surface area contributed by atoms with Crippen molar-refractivity contribution in [2.75, 3.05) is 26.6 Å². The number of carbonyl (C=O) groups excluding carboxylic acids is 1. The molecule has 36 heavy (non-hydrogen) atoms. The van der Waals surface area contributed by atoms with Gasteiger partial charge >= 0.3 is 5.97 Å². The molecule has 0 amide bonds. The molecule has 0 spiro atoms. The second-order valence-corrected chi connectivity index (χ2v) is 12.5. The third-order valence-corrected chi connectivity index (χ3v) is 8.18. The molecule has 0 N–H and O–H groups in total. The van der Waals surface area contributed by atoms with Crippen molar-refractivity contribution in [3.8, 4) is 0 Å². The van der Waals surface area contributed by atoms with E-state index in [-0.39, 0.29) is 18.8 Å². The second-order valence-electron chi connectivity index (χ2n) is 9.81. The molecule has 4 nitrogen and oxygen atoms in total. The predicted octanol–water partition coefficient (Wildman–Crippen LogP) is 8.84. The van der Waals surface area contributed by atoms with Gasteiger partial charge in [0, 0.05) is 25.7 Å². The molecular weight excluding hydrogens is 539 g/mol. The smallest absolute Gasteiger partial charge is 0.348 e. The zero-order valence-electron chi connectivity index (χ0n) is 20.5. The molecule has 1 aliphatic heterocycles. The summed E-state index contributed by atoms with van der Waals surface area (Å²) < 4.78 is 15.9. The monoisotopic (exact) mass is 576 g/mol. The van der Waals surface area contributed by atoms with Crippen molar-refractivity contribution >= 4 is 52.1 Å². The minimum atomic E-state index is -0.251.